The summed E-state index contributed by atoms with van der Waals surface area (Å²) in [6.45, 7) is 6.87. The Bertz CT molecular complexity index is 1100. The largest absolute Gasteiger partial charge is 0.489 e. The van der Waals surface area contributed by atoms with E-state index >= 15 is 0 Å². The number of allylic oxidation sites excluding steroid dienone is 1. The van der Waals surface area contributed by atoms with Crippen LogP contribution in [-0.4, -0.2) is 38.0 Å². The van der Waals surface area contributed by atoms with Crippen LogP contribution in [0.25, 0.3) is 0 Å². The Morgan fingerprint density at radius 1 is 1.25 bits per heavy atom. The second-order valence-corrected chi connectivity index (χ2v) is 7.56. The normalized spacial score (nSPS) is 17.5. The third-order valence-electron chi connectivity index (χ3n) is 5.26. The van der Waals surface area contributed by atoms with E-state index in [1.807, 2.05) is 49.4 Å². The van der Waals surface area contributed by atoms with Crippen molar-refractivity contribution in [2.75, 3.05) is 31.8 Å². The summed E-state index contributed by atoms with van der Waals surface area (Å²) < 4.78 is 22.3. The van der Waals surface area contributed by atoms with Crippen LogP contribution in [0.1, 0.15) is 18.5 Å². The summed E-state index contributed by atoms with van der Waals surface area (Å²) in [6.07, 6.45) is 1.67. The summed E-state index contributed by atoms with van der Waals surface area (Å²) >= 11 is 5.72. The number of methoxy groups -OCH3 is 1. The quantitative estimate of drug-likeness (QED) is 0.402. The van der Waals surface area contributed by atoms with Crippen molar-refractivity contribution < 1.29 is 23.7 Å². The Morgan fingerprint density at radius 3 is 2.75 bits per heavy atom. The zero-order valence-corrected chi connectivity index (χ0v) is 18.7. The maximum absolute atomic E-state index is 12.9. The highest BCUT2D eigenvalue weighted by molar-refractivity contribution is 7.80. The summed E-state index contributed by atoms with van der Waals surface area (Å²) in [6, 6.07) is 12.5. The fraction of sp³-hybridized carbons (Fsp3) is 0.250. The Kier molecular flexibility index (Phi) is 6.32. The van der Waals surface area contributed by atoms with Gasteiger partial charge in [-0.05, 0) is 37.3 Å². The lowest BCUT2D eigenvalue weighted by atomic mass is 9.94. The molecule has 0 fully saturated rings. The molecule has 4 rings (SSSR count). The number of benzene rings is 2. The van der Waals surface area contributed by atoms with Crippen LogP contribution in [0.5, 0.6) is 17.2 Å². The van der Waals surface area contributed by atoms with E-state index in [1.54, 1.807) is 11.0 Å². The molecule has 0 aromatic heterocycles. The lowest BCUT2D eigenvalue weighted by Gasteiger charge is -2.38. The minimum Gasteiger partial charge on any atom is -0.489 e. The molecule has 0 spiro atoms. The molecule has 32 heavy (non-hydrogen) atoms. The van der Waals surface area contributed by atoms with Crippen LogP contribution < -0.4 is 24.4 Å². The fourth-order valence-corrected chi connectivity index (χ4v) is 4.19. The maximum Gasteiger partial charge on any atom is 0.337 e. The van der Waals surface area contributed by atoms with Gasteiger partial charge in [-0.2, -0.15) is 0 Å². The van der Waals surface area contributed by atoms with Gasteiger partial charge in [0.2, 0.25) is 0 Å². The van der Waals surface area contributed by atoms with E-state index in [0.29, 0.717) is 53.5 Å². The minimum atomic E-state index is -0.538. The molecule has 2 aromatic carbocycles. The molecule has 166 valence electrons. The molecule has 2 aliphatic heterocycles. The van der Waals surface area contributed by atoms with Gasteiger partial charge in [0.25, 0.3) is 0 Å². The Balaban J connectivity index is 1.80. The molecule has 1 atom stereocenters. The van der Waals surface area contributed by atoms with Crippen molar-refractivity contribution in [1.82, 2.24) is 5.32 Å². The van der Waals surface area contributed by atoms with Crippen LogP contribution in [0.2, 0.25) is 0 Å². The monoisotopic (exact) mass is 452 g/mol. The number of anilines is 1. The lowest BCUT2D eigenvalue weighted by molar-refractivity contribution is -0.136. The first-order chi connectivity index (χ1) is 15.5. The molecular weight excluding hydrogens is 428 g/mol. The SMILES string of the molecule is C=CCOc1ccccc1[C@H]1NC(=S)N(c2ccc3c(c2)OCCO3)C(C)=C1C(=O)OC. The highest BCUT2D eigenvalue weighted by atomic mass is 32.1. The number of hydrogen-bond donors (Lipinski definition) is 1. The molecule has 7 nitrogen and oxygen atoms in total. The maximum atomic E-state index is 12.9. The fourth-order valence-electron chi connectivity index (χ4n) is 3.83. The molecular formula is C24H24N2O5S. The van der Waals surface area contributed by atoms with Gasteiger partial charge >= 0.3 is 5.97 Å². The topological polar surface area (TPSA) is 69.3 Å². The van der Waals surface area contributed by atoms with E-state index in [-0.39, 0.29) is 0 Å². The third-order valence-corrected chi connectivity index (χ3v) is 5.56. The van der Waals surface area contributed by atoms with Gasteiger partial charge in [-0.15, -0.1) is 0 Å². The van der Waals surface area contributed by atoms with E-state index in [2.05, 4.69) is 11.9 Å². The van der Waals surface area contributed by atoms with Gasteiger partial charge in [0.15, 0.2) is 16.6 Å². The van der Waals surface area contributed by atoms with E-state index in [9.17, 15) is 4.79 Å². The molecule has 0 saturated heterocycles. The molecule has 0 radical (unpaired) electrons. The molecule has 2 aromatic rings. The van der Waals surface area contributed by atoms with Gasteiger partial charge in [0, 0.05) is 17.3 Å². The summed E-state index contributed by atoms with van der Waals surface area (Å²) in [5.74, 6) is 1.49. The molecule has 0 amide bonds. The number of esters is 1. The number of nitrogens with zero attached hydrogens (tertiary/aromatic N) is 1. The predicted octanol–water partition coefficient (Wildman–Crippen LogP) is 3.91. The number of carbonyl (C=O) groups excluding carboxylic acids is 1. The van der Waals surface area contributed by atoms with Crippen molar-refractivity contribution >= 4 is 29.0 Å². The first kappa shape index (κ1) is 21.7. The van der Waals surface area contributed by atoms with E-state index in [1.165, 1.54) is 7.11 Å². The average molecular weight is 453 g/mol. The summed E-state index contributed by atoms with van der Waals surface area (Å²) in [5.41, 5.74) is 2.62. The molecule has 0 aliphatic carbocycles. The second kappa shape index (κ2) is 9.32. The molecule has 8 heteroatoms. The number of thiocarbonyl (C=S) groups is 1. The third kappa shape index (κ3) is 4.01. The Labute approximate surface area is 192 Å². The van der Waals surface area contributed by atoms with Gasteiger partial charge < -0.3 is 24.3 Å². The zero-order chi connectivity index (χ0) is 22.7. The molecule has 0 saturated carbocycles. The first-order valence-corrected chi connectivity index (χ1v) is 10.6. The molecule has 1 N–H and O–H groups in total. The van der Waals surface area contributed by atoms with E-state index in [0.717, 1.165) is 11.3 Å². The minimum absolute atomic E-state index is 0.341. The molecule has 2 aliphatic rings. The van der Waals surface area contributed by atoms with Gasteiger partial charge in [0.1, 0.15) is 25.6 Å². The highest BCUT2D eigenvalue weighted by Crippen LogP contribution is 2.40. The zero-order valence-electron chi connectivity index (χ0n) is 17.9. The van der Waals surface area contributed by atoms with Crippen LogP contribution in [0.15, 0.2) is 66.4 Å². The van der Waals surface area contributed by atoms with Crippen molar-refractivity contribution in [3.05, 3.63) is 72.0 Å². The van der Waals surface area contributed by atoms with Crippen LogP contribution in [-0.2, 0) is 9.53 Å². The van der Waals surface area contributed by atoms with Crippen LogP contribution in [0.3, 0.4) is 0 Å². The predicted molar refractivity (Wildman–Crippen MR) is 125 cm³/mol. The highest BCUT2D eigenvalue weighted by Gasteiger charge is 2.36. The summed E-state index contributed by atoms with van der Waals surface area (Å²) in [7, 11) is 1.36. The van der Waals surface area contributed by atoms with Crippen LogP contribution in [0.4, 0.5) is 5.69 Å². The van der Waals surface area contributed by atoms with E-state index in [4.69, 9.17) is 31.2 Å². The smallest absolute Gasteiger partial charge is 0.337 e. The van der Waals surface area contributed by atoms with Gasteiger partial charge in [0.05, 0.1) is 24.4 Å². The van der Waals surface area contributed by atoms with E-state index < -0.39 is 12.0 Å². The van der Waals surface area contributed by atoms with Crippen molar-refractivity contribution in [2.24, 2.45) is 0 Å². The number of rotatable bonds is 6. The second-order valence-electron chi connectivity index (χ2n) is 7.17. The van der Waals surface area contributed by atoms with Crippen molar-refractivity contribution in [1.29, 1.82) is 0 Å². The molecule has 0 bridgehead atoms. The molecule has 0 unspecified atom stereocenters. The van der Waals surface area contributed by atoms with Crippen molar-refractivity contribution in [2.45, 2.75) is 13.0 Å². The average Bonchev–Trinajstić information content (AvgIpc) is 2.82. The van der Waals surface area contributed by atoms with Crippen molar-refractivity contribution in [3.8, 4) is 17.2 Å². The first-order valence-electron chi connectivity index (χ1n) is 10.2. The Hall–Kier alpha value is -3.52. The number of ether oxygens (including phenoxy) is 4. The number of carbonyl (C=O) groups is 1. The number of nitrogens with one attached hydrogen (secondary N) is 1. The Morgan fingerprint density at radius 2 is 2.00 bits per heavy atom. The van der Waals surface area contributed by atoms with Crippen molar-refractivity contribution in [3.63, 3.8) is 0 Å². The molecule has 2 heterocycles. The summed E-state index contributed by atoms with van der Waals surface area (Å²) in [5, 5.41) is 3.73. The number of para-hydroxylation sites is 1. The van der Waals surface area contributed by atoms with Crippen LogP contribution >= 0.6 is 12.2 Å². The van der Waals surface area contributed by atoms with Gasteiger partial charge in [-0.3, -0.25) is 4.90 Å². The van der Waals surface area contributed by atoms with Gasteiger partial charge in [-0.25, -0.2) is 4.79 Å². The standard InChI is InChI=1S/C24H24N2O5S/c1-4-11-29-18-8-6-5-7-17(18)22-21(23(27)28-3)15(2)26(24(32)25-22)16-9-10-19-20(14-16)31-13-12-30-19/h4-10,14,22H,1,11-13H2,2-3H3,(H,25,32)/t22-/m1/s1. The lowest BCUT2D eigenvalue weighted by Crippen LogP contribution is -2.48. The van der Waals surface area contributed by atoms with Gasteiger partial charge in [-0.1, -0.05) is 30.9 Å². The summed E-state index contributed by atoms with van der Waals surface area (Å²) in [4.78, 5) is 14.7. The van der Waals surface area contributed by atoms with Crippen LogP contribution in [0, 0.1) is 0 Å². The number of fused-ring (bicyclic) bond motifs is 1. The number of hydrogen-bond acceptors (Lipinski definition) is 6.